The summed E-state index contributed by atoms with van der Waals surface area (Å²) in [5.41, 5.74) is 2.55. The lowest BCUT2D eigenvalue weighted by Crippen LogP contribution is -2.21. The van der Waals surface area contributed by atoms with Crippen LogP contribution in [0.5, 0.6) is 11.5 Å². The topological polar surface area (TPSA) is 59.6 Å². The number of benzene rings is 2. The number of carbonyl (C=O) groups excluding carboxylic acids is 1. The fourth-order valence-electron chi connectivity index (χ4n) is 2.06. The van der Waals surface area contributed by atoms with Crippen LogP contribution in [0.3, 0.4) is 0 Å². The van der Waals surface area contributed by atoms with Gasteiger partial charge in [0.15, 0.2) is 0 Å². The highest BCUT2D eigenvalue weighted by atomic mass is 16.5. The van der Waals surface area contributed by atoms with Crippen LogP contribution in [0.4, 0.5) is 11.4 Å². The minimum atomic E-state index is -0.119. The van der Waals surface area contributed by atoms with Gasteiger partial charge in [-0.25, -0.2) is 0 Å². The predicted molar refractivity (Wildman–Crippen MR) is 101 cm³/mol. The quantitative estimate of drug-likeness (QED) is 0.675. The summed E-state index contributed by atoms with van der Waals surface area (Å²) < 4.78 is 10.9. The fraction of sp³-hybridized carbons (Fsp3) is 0.250. The van der Waals surface area contributed by atoms with Gasteiger partial charge < -0.3 is 20.1 Å². The van der Waals surface area contributed by atoms with Gasteiger partial charge in [0.1, 0.15) is 18.1 Å². The molecule has 0 aliphatic rings. The number of rotatable bonds is 9. The fourth-order valence-corrected chi connectivity index (χ4v) is 2.06. The molecule has 0 aromatic heterocycles. The van der Waals surface area contributed by atoms with Crippen molar-refractivity contribution in [2.24, 2.45) is 0 Å². The molecular weight excluding hydrogens is 316 g/mol. The first-order valence-electron chi connectivity index (χ1n) is 8.20. The van der Waals surface area contributed by atoms with E-state index in [1.165, 1.54) is 0 Å². The molecule has 1 amide bonds. The highest BCUT2D eigenvalue weighted by Crippen LogP contribution is 2.17. The third-order valence-electron chi connectivity index (χ3n) is 3.24. The molecule has 132 valence electrons. The van der Waals surface area contributed by atoms with Crippen LogP contribution in [-0.2, 0) is 4.79 Å². The van der Waals surface area contributed by atoms with E-state index < -0.39 is 0 Å². The second-order valence-electron chi connectivity index (χ2n) is 5.63. The molecule has 5 nitrogen and oxygen atoms in total. The summed E-state index contributed by atoms with van der Waals surface area (Å²) in [5.74, 6) is 1.44. The molecule has 0 aliphatic heterocycles. The Morgan fingerprint density at radius 1 is 0.960 bits per heavy atom. The Balaban J connectivity index is 1.78. The highest BCUT2D eigenvalue weighted by Gasteiger charge is 2.03. The Morgan fingerprint density at radius 3 is 2.08 bits per heavy atom. The van der Waals surface area contributed by atoms with Crippen LogP contribution in [0.25, 0.3) is 0 Å². The molecular formula is C20H24N2O3. The van der Waals surface area contributed by atoms with Crippen LogP contribution in [0.1, 0.15) is 13.8 Å². The summed E-state index contributed by atoms with van der Waals surface area (Å²) in [4.78, 5) is 12.0. The lowest BCUT2D eigenvalue weighted by molar-refractivity contribution is -0.114. The smallest absolute Gasteiger partial charge is 0.243 e. The van der Waals surface area contributed by atoms with E-state index in [1.54, 1.807) is 0 Å². The van der Waals surface area contributed by atoms with Crippen LogP contribution in [0.15, 0.2) is 60.7 Å². The number of hydrogen-bond acceptors (Lipinski definition) is 4. The first kappa shape index (κ1) is 18.4. The Bertz CT molecular complexity index is 694. The van der Waals surface area contributed by atoms with Crippen molar-refractivity contribution in [1.82, 2.24) is 0 Å². The average molecular weight is 340 g/mol. The first-order chi connectivity index (χ1) is 12.1. The zero-order valence-corrected chi connectivity index (χ0v) is 14.7. The van der Waals surface area contributed by atoms with Gasteiger partial charge in [-0.15, -0.1) is 0 Å². The van der Waals surface area contributed by atoms with Gasteiger partial charge in [-0.3, -0.25) is 4.79 Å². The molecule has 0 atom stereocenters. The van der Waals surface area contributed by atoms with Gasteiger partial charge in [0.05, 0.1) is 13.2 Å². The number of ether oxygens (including phenoxy) is 2. The van der Waals surface area contributed by atoms with Crippen LogP contribution in [0, 0.1) is 0 Å². The lowest BCUT2D eigenvalue weighted by atomic mass is 10.3. The van der Waals surface area contributed by atoms with Gasteiger partial charge in [0.2, 0.25) is 5.91 Å². The number of hydrogen-bond donors (Lipinski definition) is 2. The average Bonchev–Trinajstić information content (AvgIpc) is 2.61. The van der Waals surface area contributed by atoms with Crippen molar-refractivity contribution in [3.05, 3.63) is 60.7 Å². The lowest BCUT2D eigenvalue weighted by Gasteiger charge is -2.10. The molecule has 2 rings (SSSR count). The minimum absolute atomic E-state index is 0.119. The molecule has 0 saturated heterocycles. The molecule has 5 heteroatoms. The Labute approximate surface area is 148 Å². The van der Waals surface area contributed by atoms with E-state index in [-0.39, 0.29) is 12.5 Å². The number of carbonyl (C=O) groups is 1. The van der Waals surface area contributed by atoms with Crippen LogP contribution >= 0.6 is 0 Å². The third kappa shape index (κ3) is 6.59. The highest BCUT2D eigenvalue weighted by molar-refractivity contribution is 5.93. The molecule has 2 N–H and O–H groups in total. The molecule has 0 radical (unpaired) electrons. The van der Waals surface area contributed by atoms with Gasteiger partial charge in [-0.1, -0.05) is 6.58 Å². The van der Waals surface area contributed by atoms with Gasteiger partial charge in [-0.05, 0) is 68.0 Å². The summed E-state index contributed by atoms with van der Waals surface area (Å²) in [6.07, 6.45) is 0. The van der Waals surface area contributed by atoms with Crippen molar-refractivity contribution in [2.75, 3.05) is 30.4 Å². The molecule has 0 aliphatic carbocycles. The van der Waals surface area contributed by atoms with Crippen LogP contribution < -0.4 is 20.1 Å². The minimum Gasteiger partial charge on any atom is -0.494 e. The molecule has 25 heavy (non-hydrogen) atoms. The Hall–Kier alpha value is -2.95. The Morgan fingerprint density at radius 2 is 1.52 bits per heavy atom. The van der Waals surface area contributed by atoms with Gasteiger partial charge in [-0.2, -0.15) is 0 Å². The number of anilines is 2. The van der Waals surface area contributed by atoms with E-state index in [0.717, 1.165) is 28.4 Å². The summed E-state index contributed by atoms with van der Waals surface area (Å²) in [5, 5.41) is 5.91. The second kappa shape index (κ2) is 9.37. The molecule has 0 spiro atoms. The molecule has 0 bridgehead atoms. The predicted octanol–water partition coefficient (Wildman–Crippen LogP) is 4.09. The zero-order valence-electron chi connectivity index (χ0n) is 14.7. The molecule has 0 saturated carbocycles. The molecule has 0 fully saturated rings. The van der Waals surface area contributed by atoms with Crippen molar-refractivity contribution in [3.63, 3.8) is 0 Å². The third-order valence-corrected chi connectivity index (χ3v) is 3.24. The first-order valence-corrected chi connectivity index (χ1v) is 8.20. The molecule has 2 aromatic rings. The van der Waals surface area contributed by atoms with Crippen molar-refractivity contribution in [1.29, 1.82) is 0 Å². The SMILES string of the molecule is C=C(C)COc1ccc(NCC(=O)Nc2ccc(OCC)cc2)cc1. The van der Waals surface area contributed by atoms with E-state index in [1.807, 2.05) is 62.4 Å². The summed E-state index contributed by atoms with van der Waals surface area (Å²) >= 11 is 0. The molecule has 0 unspecified atom stereocenters. The van der Waals surface area contributed by atoms with E-state index in [0.29, 0.717) is 13.2 Å². The molecule has 2 aromatic carbocycles. The van der Waals surface area contributed by atoms with E-state index in [2.05, 4.69) is 17.2 Å². The maximum Gasteiger partial charge on any atom is 0.243 e. The standard InChI is InChI=1S/C20H24N2O3/c1-4-24-18-11-7-17(8-12-18)22-20(23)13-21-16-5-9-19(10-6-16)25-14-15(2)3/h5-12,21H,2,4,13-14H2,1,3H3,(H,22,23). The van der Waals surface area contributed by atoms with Gasteiger partial charge >= 0.3 is 0 Å². The van der Waals surface area contributed by atoms with Crippen LogP contribution in [-0.4, -0.2) is 25.7 Å². The maximum atomic E-state index is 12.0. The second-order valence-corrected chi connectivity index (χ2v) is 5.63. The monoisotopic (exact) mass is 340 g/mol. The maximum absolute atomic E-state index is 12.0. The zero-order chi connectivity index (χ0) is 18.1. The van der Waals surface area contributed by atoms with Crippen molar-refractivity contribution < 1.29 is 14.3 Å². The molecule has 0 heterocycles. The van der Waals surface area contributed by atoms with Crippen molar-refractivity contribution in [3.8, 4) is 11.5 Å². The van der Waals surface area contributed by atoms with Crippen molar-refractivity contribution >= 4 is 17.3 Å². The van der Waals surface area contributed by atoms with Crippen molar-refractivity contribution in [2.45, 2.75) is 13.8 Å². The number of nitrogens with one attached hydrogen (secondary N) is 2. The largest absolute Gasteiger partial charge is 0.494 e. The normalized spacial score (nSPS) is 10.0. The summed E-state index contributed by atoms with van der Waals surface area (Å²) in [6, 6.07) is 14.8. The van der Waals surface area contributed by atoms with E-state index >= 15 is 0 Å². The van der Waals surface area contributed by atoms with E-state index in [9.17, 15) is 4.79 Å². The van der Waals surface area contributed by atoms with E-state index in [4.69, 9.17) is 9.47 Å². The Kier molecular flexibility index (Phi) is 6.89. The summed E-state index contributed by atoms with van der Waals surface area (Å²) in [6.45, 7) is 8.94. The van der Waals surface area contributed by atoms with Gasteiger partial charge in [0, 0.05) is 11.4 Å². The van der Waals surface area contributed by atoms with Crippen LogP contribution in [0.2, 0.25) is 0 Å². The number of amides is 1. The summed E-state index contributed by atoms with van der Waals surface area (Å²) in [7, 11) is 0. The van der Waals surface area contributed by atoms with Gasteiger partial charge in [0.25, 0.3) is 0 Å².